The fourth-order valence-electron chi connectivity index (χ4n) is 3.78. The molecule has 0 saturated carbocycles. The fraction of sp³-hybridized carbons (Fsp3) is 0.333. The molecule has 2 heterocycles. The average Bonchev–Trinajstić information content (AvgIpc) is 2.73. The molecule has 0 radical (unpaired) electrons. The summed E-state index contributed by atoms with van der Waals surface area (Å²) in [6.07, 6.45) is 0. The average molecular weight is 383 g/mol. The molecule has 2 aromatic rings. The summed E-state index contributed by atoms with van der Waals surface area (Å²) in [5.41, 5.74) is 1.84. The van der Waals surface area contributed by atoms with E-state index in [1.165, 1.54) is 17.0 Å². The number of piperazine rings is 1. The molecule has 0 aromatic heterocycles. The second-order valence-corrected chi connectivity index (χ2v) is 6.86. The molecule has 2 aliphatic heterocycles. The van der Waals surface area contributed by atoms with Crippen LogP contribution in [0.15, 0.2) is 48.5 Å². The van der Waals surface area contributed by atoms with Gasteiger partial charge in [0.2, 0.25) is 5.91 Å². The Balaban J connectivity index is 1.69. The lowest BCUT2D eigenvalue weighted by atomic mass is 10.0. The summed E-state index contributed by atoms with van der Waals surface area (Å²) >= 11 is 0. The van der Waals surface area contributed by atoms with Gasteiger partial charge >= 0.3 is 0 Å². The Morgan fingerprint density at radius 3 is 2.64 bits per heavy atom. The molecule has 2 saturated heterocycles. The molecule has 6 nitrogen and oxygen atoms in total. The van der Waals surface area contributed by atoms with E-state index in [4.69, 9.17) is 4.74 Å². The summed E-state index contributed by atoms with van der Waals surface area (Å²) in [7, 11) is 0. The van der Waals surface area contributed by atoms with Gasteiger partial charge in [0, 0.05) is 31.9 Å². The van der Waals surface area contributed by atoms with Gasteiger partial charge in [-0.15, -0.1) is 0 Å². The van der Waals surface area contributed by atoms with Crippen LogP contribution in [0, 0.1) is 5.82 Å². The Morgan fingerprint density at radius 2 is 1.86 bits per heavy atom. The van der Waals surface area contributed by atoms with Crippen LogP contribution in [0.1, 0.15) is 22.0 Å². The van der Waals surface area contributed by atoms with Crippen LogP contribution in [0.4, 0.5) is 10.1 Å². The number of nitrogens with one attached hydrogen (secondary N) is 1. The number of hydrogen-bond donors (Lipinski definition) is 1. The minimum absolute atomic E-state index is 0.230. The fourth-order valence-corrected chi connectivity index (χ4v) is 3.78. The van der Waals surface area contributed by atoms with Gasteiger partial charge in [0.25, 0.3) is 5.91 Å². The maximum atomic E-state index is 13.8. The molecule has 2 amide bonds. The number of carbonyl (C=O) groups is 2. The molecule has 0 spiro atoms. The number of hydrogen-bond acceptors (Lipinski definition) is 4. The highest BCUT2D eigenvalue weighted by Crippen LogP contribution is 2.29. The van der Waals surface area contributed by atoms with Gasteiger partial charge in [-0.2, -0.15) is 0 Å². The van der Waals surface area contributed by atoms with E-state index in [0.717, 1.165) is 5.69 Å². The van der Waals surface area contributed by atoms with E-state index in [1.807, 2.05) is 18.2 Å². The molecule has 1 unspecified atom stereocenters. The van der Waals surface area contributed by atoms with Gasteiger partial charge in [-0.25, -0.2) is 4.39 Å². The maximum Gasteiger partial charge on any atom is 0.256 e. The highest BCUT2D eigenvalue weighted by Gasteiger charge is 2.36. The standard InChI is InChI=1S/C21H22FN3O3/c22-16-5-3-4-15(14-16)19-20(26)23-8-9-25(19)21(27)17-6-1-2-7-18(17)24-10-12-28-13-11-24/h1-7,14,19H,8-13H2,(H,23,26). The van der Waals surface area contributed by atoms with Gasteiger partial charge < -0.3 is 19.9 Å². The Labute approximate surface area is 162 Å². The second kappa shape index (κ2) is 7.98. The van der Waals surface area contributed by atoms with Crippen LogP contribution in [0.3, 0.4) is 0 Å². The molecule has 4 rings (SSSR count). The zero-order valence-corrected chi connectivity index (χ0v) is 15.4. The number of halogens is 1. The lowest BCUT2D eigenvalue weighted by molar-refractivity contribution is -0.128. The smallest absolute Gasteiger partial charge is 0.256 e. The highest BCUT2D eigenvalue weighted by molar-refractivity contribution is 6.02. The quantitative estimate of drug-likeness (QED) is 0.881. The highest BCUT2D eigenvalue weighted by atomic mass is 19.1. The first kappa shape index (κ1) is 18.4. The number of morpholine rings is 1. The minimum atomic E-state index is -0.852. The van der Waals surface area contributed by atoms with Gasteiger partial charge in [0.15, 0.2) is 0 Å². The van der Waals surface area contributed by atoms with Gasteiger partial charge in [0.1, 0.15) is 11.9 Å². The minimum Gasteiger partial charge on any atom is -0.378 e. The first-order valence-electron chi connectivity index (χ1n) is 9.41. The zero-order valence-electron chi connectivity index (χ0n) is 15.4. The van der Waals surface area contributed by atoms with E-state index in [1.54, 1.807) is 18.2 Å². The predicted octanol–water partition coefficient (Wildman–Crippen LogP) is 1.98. The Kier molecular flexibility index (Phi) is 5.25. The lowest BCUT2D eigenvalue weighted by Crippen LogP contribution is -2.52. The molecule has 2 aliphatic rings. The molecule has 146 valence electrons. The van der Waals surface area contributed by atoms with E-state index >= 15 is 0 Å². The van der Waals surface area contributed by atoms with Gasteiger partial charge in [-0.05, 0) is 29.8 Å². The number of amides is 2. The largest absolute Gasteiger partial charge is 0.378 e. The molecule has 28 heavy (non-hydrogen) atoms. The van der Waals surface area contributed by atoms with Crippen molar-refractivity contribution in [3.8, 4) is 0 Å². The van der Waals surface area contributed by atoms with E-state index < -0.39 is 11.9 Å². The van der Waals surface area contributed by atoms with Crippen molar-refractivity contribution < 1.29 is 18.7 Å². The third kappa shape index (κ3) is 3.57. The van der Waals surface area contributed by atoms with Crippen LogP contribution in [0.5, 0.6) is 0 Å². The normalized spacial score (nSPS) is 20.0. The van der Waals surface area contributed by atoms with Crippen molar-refractivity contribution in [3.63, 3.8) is 0 Å². The van der Waals surface area contributed by atoms with Crippen LogP contribution in [-0.4, -0.2) is 56.1 Å². The zero-order chi connectivity index (χ0) is 19.5. The summed E-state index contributed by atoms with van der Waals surface area (Å²) < 4.78 is 19.2. The van der Waals surface area contributed by atoms with E-state index in [2.05, 4.69) is 10.2 Å². The third-order valence-electron chi connectivity index (χ3n) is 5.12. The molecule has 0 aliphatic carbocycles. The first-order valence-corrected chi connectivity index (χ1v) is 9.41. The lowest BCUT2D eigenvalue weighted by Gasteiger charge is -2.37. The molecule has 1 atom stereocenters. The van der Waals surface area contributed by atoms with Crippen molar-refractivity contribution in [2.45, 2.75) is 6.04 Å². The molecule has 2 fully saturated rings. The van der Waals surface area contributed by atoms with Gasteiger partial charge in [-0.3, -0.25) is 9.59 Å². The number of rotatable bonds is 3. The predicted molar refractivity (Wildman–Crippen MR) is 103 cm³/mol. The SMILES string of the molecule is O=C1NCCN(C(=O)c2ccccc2N2CCOCC2)C1c1cccc(F)c1. The van der Waals surface area contributed by atoms with Crippen molar-refractivity contribution >= 4 is 17.5 Å². The summed E-state index contributed by atoms with van der Waals surface area (Å²) in [5, 5.41) is 2.78. The molecule has 1 N–H and O–H groups in total. The second-order valence-electron chi connectivity index (χ2n) is 6.86. The maximum absolute atomic E-state index is 13.8. The summed E-state index contributed by atoms with van der Waals surface area (Å²) in [5.74, 6) is -0.961. The van der Waals surface area contributed by atoms with Gasteiger partial charge in [-0.1, -0.05) is 24.3 Å². The summed E-state index contributed by atoms with van der Waals surface area (Å²) in [6, 6.07) is 12.4. The Morgan fingerprint density at radius 1 is 1.07 bits per heavy atom. The molecular formula is C21H22FN3O3. The third-order valence-corrected chi connectivity index (χ3v) is 5.12. The summed E-state index contributed by atoms with van der Waals surface area (Å²) in [4.78, 5) is 29.7. The van der Waals surface area contributed by atoms with Crippen molar-refractivity contribution in [1.82, 2.24) is 10.2 Å². The van der Waals surface area contributed by atoms with Gasteiger partial charge in [0.05, 0.1) is 18.8 Å². The number of para-hydroxylation sites is 1. The van der Waals surface area contributed by atoms with Crippen LogP contribution >= 0.6 is 0 Å². The topological polar surface area (TPSA) is 61.9 Å². The molecule has 2 aromatic carbocycles. The number of ether oxygens (including phenoxy) is 1. The van der Waals surface area contributed by atoms with Crippen molar-refractivity contribution in [2.24, 2.45) is 0 Å². The Hall–Kier alpha value is -2.93. The number of carbonyl (C=O) groups excluding carboxylic acids is 2. The van der Waals surface area contributed by atoms with E-state index in [-0.39, 0.29) is 11.8 Å². The van der Waals surface area contributed by atoms with Crippen molar-refractivity contribution in [1.29, 1.82) is 0 Å². The number of nitrogens with zero attached hydrogens (tertiary/aromatic N) is 2. The molecule has 0 bridgehead atoms. The van der Waals surface area contributed by atoms with Crippen LogP contribution < -0.4 is 10.2 Å². The first-order chi connectivity index (χ1) is 13.6. The van der Waals surface area contributed by atoms with Crippen molar-refractivity contribution in [3.05, 3.63) is 65.5 Å². The van der Waals surface area contributed by atoms with Crippen molar-refractivity contribution in [2.75, 3.05) is 44.3 Å². The van der Waals surface area contributed by atoms with Crippen LogP contribution in [-0.2, 0) is 9.53 Å². The van der Waals surface area contributed by atoms with Crippen LogP contribution in [0.25, 0.3) is 0 Å². The van der Waals surface area contributed by atoms with Crippen LogP contribution in [0.2, 0.25) is 0 Å². The monoisotopic (exact) mass is 383 g/mol. The molecular weight excluding hydrogens is 361 g/mol. The molecule has 7 heteroatoms. The number of benzene rings is 2. The van der Waals surface area contributed by atoms with E-state index in [9.17, 15) is 14.0 Å². The van der Waals surface area contributed by atoms with E-state index in [0.29, 0.717) is 50.5 Å². The summed E-state index contributed by atoms with van der Waals surface area (Å²) in [6.45, 7) is 3.37. The number of anilines is 1. The Bertz CT molecular complexity index is 883.